The molecule has 0 heterocycles. The van der Waals surface area contributed by atoms with Crippen molar-refractivity contribution in [2.75, 3.05) is 20.8 Å². The first-order chi connectivity index (χ1) is 8.08. The van der Waals surface area contributed by atoms with Crippen LogP contribution in [0.4, 0.5) is 0 Å². The van der Waals surface area contributed by atoms with Crippen molar-refractivity contribution in [2.45, 2.75) is 19.4 Å². The minimum atomic E-state index is -0.0891. The van der Waals surface area contributed by atoms with Crippen molar-refractivity contribution >= 4 is 11.6 Å². The number of hydrogen-bond acceptors (Lipinski definition) is 3. The second-order valence-corrected chi connectivity index (χ2v) is 4.73. The number of halogens is 1. The van der Waals surface area contributed by atoms with Crippen LogP contribution in [0, 0.1) is 5.92 Å². The van der Waals surface area contributed by atoms with Crippen molar-refractivity contribution in [1.82, 2.24) is 0 Å². The normalized spacial score (nSPS) is 14.4. The van der Waals surface area contributed by atoms with Crippen molar-refractivity contribution < 1.29 is 9.47 Å². The lowest BCUT2D eigenvalue weighted by atomic mass is 9.96. The SMILES string of the molecule is COCC(C)CC(N)c1cc(Cl)ccc1OC. The van der Waals surface area contributed by atoms with Crippen LogP contribution in [-0.4, -0.2) is 20.8 Å². The number of nitrogens with two attached hydrogens (primary N) is 1. The molecule has 4 heteroatoms. The molecule has 3 nitrogen and oxygen atoms in total. The first kappa shape index (κ1) is 14.3. The largest absolute Gasteiger partial charge is 0.496 e. The van der Waals surface area contributed by atoms with Crippen LogP contribution in [0.25, 0.3) is 0 Å². The van der Waals surface area contributed by atoms with Gasteiger partial charge in [0.15, 0.2) is 0 Å². The van der Waals surface area contributed by atoms with E-state index in [4.69, 9.17) is 26.8 Å². The molecule has 17 heavy (non-hydrogen) atoms. The van der Waals surface area contributed by atoms with Gasteiger partial charge in [0.1, 0.15) is 5.75 Å². The van der Waals surface area contributed by atoms with E-state index in [-0.39, 0.29) is 6.04 Å². The van der Waals surface area contributed by atoms with Crippen molar-refractivity contribution in [2.24, 2.45) is 11.7 Å². The highest BCUT2D eigenvalue weighted by molar-refractivity contribution is 6.30. The molecule has 0 radical (unpaired) electrons. The van der Waals surface area contributed by atoms with E-state index in [1.807, 2.05) is 12.1 Å². The Balaban J connectivity index is 2.79. The molecule has 0 aliphatic heterocycles. The fourth-order valence-corrected chi connectivity index (χ4v) is 2.09. The molecule has 0 saturated carbocycles. The molecule has 0 amide bonds. The molecule has 1 aromatic carbocycles. The smallest absolute Gasteiger partial charge is 0.123 e. The van der Waals surface area contributed by atoms with Gasteiger partial charge >= 0.3 is 0 Å². The second kappa shape index (κ2) is 6.84. The molecule has 2 atom stereocenters. The summed E-state index contributed by atoms with van der Waals surface area (Å²) >= 11 is 5.98. The van der Waals surface area contributed by atoms with E-state index in [9.17, 15) is 0 Å². The van der Waals surface area contributed by atoms with Gasteiger partial charge in [-0.05, 0) is 30.5 Å². The first-order valence-electron chi connectivity index (χ1n) is 5.66. The predicted octanol–water partition coefficient (Wildman–Crippen LogP) is 3.02. The van der Waals surface area contributed by atoms with Crippen LogP contribution < -0.4 is 10.5 Å². The summed E-state index contributed by atoms with van der Waals surface area (Å²) in [5.41, 5.74) is 7.12. The van der Waals surface area contributed by atoms with E-state index < -0.39 is 0 Å². The third kappa shape index (κ3) is 4.19. The van der Waals surface area contributed by atoms with E-state index in [0.717, 1.165) is 17.7 Å². The van der Waals surface area contributed by atoms with E-state index in [1.165, 1.54) is 0 Å². The fraction of sp³-hybridized carbons (Fsp3) is 0.538. The summed E-state index contributed by atoms with van der Waals surface area (Å²) in [5, 5.41) is 0.677. The summed E-state index contributed by atoms with van der Waals surface area (Å²) < 4.78 is 10.4. The summed E-state index contributed by atoms with van der Waals surface area (Å²) in [7, 11) is 3.33. The van der Waals surface area contributed by atoms with Gasteiger partial charge in [0, 0.05) is 30.3 Å². The predicted molar refractivity (Wildman–Crippen MR) is 70.6 cm³/mol. The molecule has 1 rings (SSSR count). The Labute approximate surface area is 108 Å². The van der Waals surface area contributed by atoms with E-state index in [2.05, 4.69) is 6.92 Å². The third-order valence-electron chi connectivity index (χ3n) is 2.70. The quantitative estimate of drug-likeness (QED) is 0.852. The Morgan fingerprint density at radius 3 is 2.65 bits per heavy atom. The van der Waals surface area contributed by atoms with E-state index >= 15 is 0 Å². The lowest BCUT2D eigenvalue weighted by molar-refractivity contribution is 0.152. The van der Waals surface area contributed by atoms with Crippen molar-refractivity contribution in [3.63, 3.8) is 0 Å². The molecule has 2 N–H and O–H groups in total. The summed E-state index contributed by atoms with van der Waals surface area (Å²) in [4.78, 5) is 0. The van der Waals surface area contributed by atoms with Crippen LogP contribution in [0.15, 0.2) is 18.2 Å². The zero-order chi connectivity index (χ0) is 12.8. The molecule has 96 valence electrons. The van der Waals surface area contributed by atoms with Crippen LogP contribution >= 0.6 is 11.6 Å². The van der Waals surface area contributed by atoms with Gasteiger partial charge in [-0.25, -0.2) is 0 Å². The average Bonchev–Trinajstić information content (AvgIpc) is 2.29. The Bertz CT molecular complexity index is 357. The Morgan fingerprint density at radius 2 is 2.06 bits per heavy atom. The zero-order valence-electron chi connectivity index (χ0n) is 10.6. The number of methoxy groups -OCH3 is 2. The number of rotatable bonds is 6. The van der Waals surface area contributed by atoms with Crippen LogP contribution in [0.1, 0.15) is 24.9 Å². The number of hydrogen-bond donors (Lipinski definition) is 1. The molecule has 0 spiro atoms. The number of ether oxygens (including phenoxy) is 2. The standard InChI is InChI=1S/C13H20ClNO2/c1-9(8-16-2)6-12(15)11-7-10(14)4-5-13(11)17-3/h4-5,7,9,12H,6,8,15H2,1-3H3. The molecular formula is C13H20ClNO2. The monoisotopic (exact) mass is 257 g/mol. The second-order valence-electron chi connectivity index (χ2n) is 4.29. The van der Waals surface area contributed by atoms with Crippen molar-refractivity contribution in [3.8, 4) is 5.75 Å². The van der Waals surface area contributed by atoms with Crippen LogP contribution in [-0.2, 0) is 4.74 Å². The summed E-state index contributed by atoms with van der Waals surface area (Å²) in [6, 6.07) is 5.42. The highest BCUT2D eigenvalue weighted by Gasteiger charge is 2.15. The molecule has 1 aromatic rings. The average molecular weight is 258 g/mol. The molecule has 0 saturated heterocycles. The van der Waals surface area contributed by atoms with Crippen molar-refractivity contribution in [1.29, 1.82) is 0 Å². The molecule has 0 aliphatic carbocycles. The molecule has 0 fully saturated rings. The lowest BCUT2D eigenvalue weighted by Crippen LogP contribution is -2.17. The van der Waals surface area contributed by atoms with Gasteiger partial charge in [-0.3, -0.25) is 0 Å². The van der Waals surface area contributed by atoms with Gasteiger partial charge < -0.3 is 15.2 Å². The van der Waals surface area contributed by atoms with Gasteiger partial charge in [-0.1, -0.05) is 18.5 Å². The maximum atomic E-state index is 6.18. The zero-order valence-corrected chi connectivity index (χ0v) is 11.3. The minimum Gasteiger partial charge on any atom is -0.496 e. The highest BCUT2D eigenvalue weighted by Crippen LogP contribution is 2.30. The molecule has 0 aromatic heterocycles. The maximum absolute atomic E-state index is 6.18. The Hall–Kier alpha value is -0.770. The summed E-state index contributed by atoms with van der Waals surface area (Å²) in [5.74, 6) is 1.19. The van der Waals surface area contributed by atoms with Gasteiger partial charge in [0.05, 0.1) is 7.11 Å². The molecule has 0 bridgehead atoms. The Morgan fingerprint density at radius 1 is 1.35 bits per heavy atom. The highest BCUT2D eigenvalue weighted by atomic mass is 35.5. The van der Waals surface area contributed by atoms with Gasteiger partial charge in [-0.15, -0.1) is 0 Å². The third-order valence-corrected chi connectivity index (χ3v) is 2.93. The molecule has 0 aliphatic rings. The minimum absolute atomic E-state index is 0.0891. The summed E-state index contributed by atoms with van der Waals surface area (Å²) in [6.45, 7) is 2.82. The fourth-order valence-electron chi connectivity index (χ4n) is 1.91. The van der Waals surface area contributed by atoms with Gasteiger partial charge in [0.25, 0.3) is 0 Å². The van der Waals surface area contributed by atoms with E-state index in [0.29, 0.717) is 17.5 Å². The van der Waals surface area contributed by atoms with Crippen LogP contribution in [0.5, 0.6) is 5.75 Å². The topological polar surface area (TPSA) is 44.5 Å². The van der Waals surface area contributed by atoms with Crippen molar-refractivity contribution in [3.05, 3.63) is 28.8 Å². The lowest BCUT2D eigenvalue weighted by Gasteiger charge is -2.19. The maximum Gasteiger partial charge on any atom is 0.123 e. The van der Waals surface area contributed by atoms with E-state index in [1.54, 1.807) is 20.3 Å². The van der Waals surface area contributed by atoms with Crippen LogP contribution in [0.3, 0.4) is 0 Å². The molecular weight excluding hydrogens is 238 g/mol. The molecule has 2 unspecified atom stereocenters. The Kier molecular flexibility index (Phi) is 5.75. The summed E-state index contributed by atoms with van der Waals surface area (Å²) in [6.07, 6.45) is 0.838. The first-order valence-corrected chi connectivity index (χ1v) is 6.04. The van der Waals surface area contributed by atoms with Crippen LogP contribution in [0.2, 0.25) is 5.02 Å². The number of benzene rings is 1. The van der Waals surface area contributed by atoms with Gasteiger partial charge in [0.2, 0.25) is 0 Å². The van der Waals surface area contributed by atoms with Gasteiger partial charge in [-0.2, -0.15) is 0 Å².